The molecule has 0 aromatic heterocycles. The van der Waals surface area contributed by atoms with Gasteiger partial charge in [-0.15, -0.1) is 0 Å². The first kappa shape index (κ1) is 15.8. The Morgan fingerprint density at radius 2 is 2.10 bits per heavy atom. The van der Waals surface area contributed by atoms with Crippen LogP contribution in [0, 0.1) is 11.8 Å². The first-order valence-electron chi connectivity index (χ1n) is 7.64. The number of rotatable bonds is 8. The van der Waals surface area contributed by atoms with Crippen LogP contribution in [-0.4, -0.2) is 19.7 Å². The van der Waals surface area contributed by atoms with Crippen molar-refractivity contribution in [1.82, 2.24) is 5.32 Å². The smallest absolute Gasteiger partial charge is 0.119 e. The fourth-order valence-corrected chi connectivity index (χ4v) is 3.08. The lowest BCUT2D eigenvalue weighted by Gasteiger charge is -2.21. The molecular formula is C17H26BrNO. The second-order valence-electron chi connectivity index (χ2n) is 6.34. The van der Waals surface area contributed by atoms with Crippen molar-refractivity contribution in [3.63, 3.8) is 0 Å². The zero-order valence-electron chi connectivity index (χ0n) is 12.8. The van der Waals surface area contributed by atoms with Gasteiger partial charge in [0.05, 0.1) is 7.11 Å². The Labute approximate surface area is 131 Å². The molecule has 1 atom stereocenters. The number of hydrogen-bond donors (Lipinski definition) is 1. The molecule has 0 aliphatic heterocycles. The number of methoxy groups -OCH3 is 1. The van der Waals surface area contributed by atoms with Gasteiger partial charge < -0.3 is 10.1 Å². The lowest BCUT2D eigenvalue weighted by atomic mass is 9.90. The average molecular weight is 340 g/mol. The highest BCUT2D eigenvalue weighted by Gasteiger charge is 2.22. The monoisotopic (exact) mass is 339 g/mol. The summed E-state index contributed by atoms with van der Waals surface area (Å²) in [5.41, 5.74) is 1.35. The largest absolute Gasteiger partial charge is 0.497 e. The Morgan fingerprint density at radius 1 is 1.35 bits per heavy atom. The number of hydrogen-bond acceptors (Lipinski definition) is 2. The fraction of sp³-hybridized carbons (Fsp3) is 0.647. The number of benzene rings is 1. The van der Waals surface area contributed by atoms with Gasteiger partial charge in [0.2, 0.25) is 0 Å². The molecule has 1 aliphatic carbocycles. The molecule has 1 unspecified atom stereocenters. The first-order valence-corrected chi connectivity index (χ1v) is 8.43. The first-order chi connectivity index (χ1) is 9.58. The minimum Gasteiger partial charge on any atom is -0.497 e. The van der Waals surface area contributed by atoms with Crippen molar-refractivity contribution >= 4 is 15.9 Å². The van der Waals surface area contributed by atoms with Gasteiger partial charge in [0.15, 0.2) is 0 Å². The van der Waals surface area contributed by atoms with Crippen molar-refractivity contribution < 1.29 is 4.74 Å². The van der Waals surface area contributed by atoms with E-state index in [0.29, 0.717) is 5.92 Å². The topological polar surface area (TPSA) is 21.3 Å². The van der Waals surface area contributed by atoms with E-state index in [-0.39, 0.29) is 0 Å². The molecule has 1 aromatic rings. The summed E-state index contributed by atoms with van der Waals surface area (Å²) >= 11 is 3.67. The van der Waals surface area contributed by atoms with E-state index < -0.39 is 0 Å². The molecule has 2 rings (SSSR count). The Hall–Kier alpha value is -0.540. The Balaban J connectivity index is 2.00. The standard InChI is InChI=1S/C17H26BrNO/c1-12(2)8-13(11-19-15-4-5-15)9-14-10-16(20-3)6-7-17(14)18/h6-7,10,12-13,15,19H,4-5,8-9,11H2,1-3H3. The molecule has 0 saturated heterocycles. The maximum atomic E-state index is 5.34. The third kappa shape index (κ3) is 5.10. The van der Waals surface area contributed by atoms with Crippen LogP contribution in [0.1, 0.15) is 38.7 Å². The van der Waals surface area contributed by atoms with E-state index >= 15 is 0 Å². The molecule has 20 heavy (non-hydrogen) atoms. The van der Waals surface area contributed by atoms with Gasteiger partial charge in [-0.2, -0.15) is 0 Å². The highest BCUT2D eigenvalue weighted by molar-refractivity contribution is 9.10. The fourth-order valence-electron chi connectivity index (χ4n) is 2.67. The molecule has 2 nitrogen and oxygen atoms in total. The molecule has 1 N–H and O–H groups in total. The van der Waals surface area contributed by atoms with Crippen LogP contribution in [0.2, 0.25) is 0 Å². The molecule has 1 aliphatic rings. The van der Waals surface area contributed by atoms with E-state index in [1.165, 1.54) is 29.3 Å². The van der Waals surface area contributed by atoms with Gasteiger partial charge in [0.25, 0.3) is 0 Å². The normalized spacial score (nSPS) is 16.4. The Kier molecular flexibility index (Phi) is 5.91. The quantitative estimate of drug-likeness (QED) is 0.757. The minimum absolute atomic E-state index is 0.694. The summed E-state index contributed by atoms with van der Waals surface area (Å²) in [6.45, 7) is 5.75. The van der Waals surface area contributed by atoms with Crippen molar-refractivity contribution in [3.8, 4) is 5.75 Å². The van der Waals surface area contributed by atoms with Gasteiger partial charge in [-0.3, -0.25) is 0 Å². The molecule has 112 valence electrons. The second-order valence-corrected chi connectivity index (χ2v) is 7.19. The predicted octanol–water partition coefficient (Wildman–Crippen LogP) is 4.41. The lowest BCUT2D eigenvalue weighted by molar-refractivity contribution is 0.381. The number of halogens is 1. The molecule has 0 radical (unpaired) electrons. The number of nitrogens with one attached hydrogen (secondary N) is 1. The molecule has 1 fully saturated rings. The molecule has 1 aromatic carbocycles. The summed E-state index contributed by atoms with van der Waals surface area (Å²) in [6.07, 6.45) is 5.09. The molecule has 0 bridgehead atoms. The van der Waals surface area contributed by atoms with E-state index in [0.717, 1.165) is 30.7 Å². The summed E-state index contributed by atoms with van der Waals surface area (Å²) in [7, 11) is 1.73. The second kappa shape index (κ2) is 7.46. The van der Waals surface area contributed by atoms with Crippen molar-refractivity contribution in [2.75, 3.05) is 13.7 Å². The Bertz CT molecular complexity index is 429. The van der Waals surface area contributed by atoms with Gasteiger partial charge >= 0.3 is 0 Å². The van der Waals surface area contributed by atoms with Crippen LogP contribution in [0.5, 0.6) is 5.75 Å². The summed E-state index contributed by atoms with van der Waals surface area (Å²) < 4.78 is 6.54. The predicted molar refractivity (Wildman–Crippen MR) is 88.4 cm³/mol. The van der Waals surface area contributed by atoms with Crippen LogP contribution < -0.4 is 10.1 Å². The third-order valence-corrected chi connectivity index (χ3v) is 4.61. The van der Waals surface area contributed by atoms with Crippen LogP contribution in [0.3, 0.4) is 0 Å². The zero-order valence-corrected chi connectivity index (χ0v) is 14.4. The number of ether oxygens (including phenoxy) is 1. The van der Waals surface area contributed by atoms with Crippen LogP contribution in [0.25, 0.3) is 0 Å². The average Bonchev–Trinajstić information content (AvgIpc) is 3.22. The van der Waals surface area contributed by atoms with Crippen LogP contribution in [0.15, 0.2) is 22.7 Å². The molecule has 0 heterocycles. The van der Waals surface area contributed by atoms with Gasteiger partial charge in [-0.05, 0) is 67.8 Å². The van der Waals surface area contributed by atoms with Crippen LogP contribution >= 0.6 is 15.9 Å². The summed E-state index contributed by atoms with van der Waals surface area (Å²) in [4.78, 5) is 0. The van der Waals surface area contributed by atoms with Gasteiger partial charge in [0.1, 0.15) is 5.75 Å². The molecule has 0 amide bonds. The molecular weight excluding hydrogens is 314 g/mol. The minimum atomic E-state index is 0.694. The highest BCUT2D eigenvalue weighted by atomic mass is 79.9. The van der Waals surface area contributed by atoms with Crippen molar-refractivity contribution in [1.29, 1.82) is 0 Å². The van der Waals surface area contributed by atoms with E-state index in [1.807, 2.05) is 6.07 Å². The van der Waals surface area contributed by atoms with Crippen molar-refractivity contribution in [2.24, 2.45) is 11.8 Å². The Morgan fingerprint density at radius 3 is 2.70 bits per heavy atom. The van der Waals surface area contributed by atoms with Gasteiger partial charge in [-0.25, -0.2) is 0 Å². The summed E-state index contributed by atoms with van der Waals surface area (Å²) in [5, 5.41) is 3.68. The van der Waals surface area contributed by atoms with Crippen LogP contribution in [-0.2, 0) is 6.42 Å². The van der Waals surface area contributed by atoms with Gasteiger partial charge in [0, 0.05) is 10.5 Å². The molecule has 1 saturated carbocycles. The molecule has 0 spiro atoms. The maximum absolute atomic E-state index is 5.34. The summed E-state index contributed by atoms with van der Waals surface area (Å²) in [5.74, 6) is 2.38. The van der Waals surface area contributed by atoms with E-state index in [9.17, 15) is 0 Å². The molecule has 3 heteroatoms. The van der Waals surface area contributed by atoms with Crippen molar-refractivity contribution in [3.05, 3.63) is 28.2 Å². The lowest BCUT2D eigenvalue weighted by Crippen LogP contribution is -2.27. The van der Waals surface area contributed by atoms with E-state index in [4.69, 9.17) is 4.74 Å². The van der Waals surface area contributed by atoms with Crippen molar-refractivity contribution in [2.45, 2.75) is 45.6 Å². The SMILES string of the molecule is COc1ccc(Br)c(CC(CNC2CC2)CC(C)C)c1. The zero-order chi connectivity index (χ0) is 14.5. The van der Waals surface area contributed by atoms with E-state index in [1.54, 1.807) is 7.11 Å². The van der Waals surface area contributed by atoms with E-state index in [2.05, 4.69) is 47.2 Å². The third-order valence-electron chi connectivity index (χ3n) is 3.84. The maximum Gasteiger partial charge on any atom is 0.119 e. The summed E-state index contributed by atoms with van der Waals surface area (Å²) in [6, 6.07) is 7.05. The highest BCUT2D eigenvalue weighted by Crippen LogP contribution is 2.27. The van der Waals surface area contributed by atoms with Gasteiger partial charge in [-0.1, -0.05) is 29.8 Å². The van der Waals surface area contributed by atoms with Crippen LogP contribution in [0.4, 0.5) is 0 Å².